The maximum atomic E-state index is 11.9. The van der Waals surface area contributed by atoms with E-state index < -0.39 is 0 Å². The maximum absolute atomic E-state index is 11.9. The Morgan fingerprint density at radius 1 is 1.00 bits per heavy atom. The van der Waals surface area contributed by atoms with Crippen LogP contribution in [0.4, 0.5) is 5.69 Å². The van der Waals surface area contributed by atoms with Crippen LogP contribution in [0.2, 0.25) is 0 Å². The molecule has 0 atom stereocenters. The predicted octanol–water partition coefficient (Wildman–Crippen LogP) is 4.07. The highest BCUT2D eigenvalue weighted by Crippen LogP contribution is 2.15. The molecule has 2 aromatic rings. The highest BCUT2D eigenvalue weighted by Gasteiger charge is 2.05. The zero-order valence-electron chi connectivity index (χ0n) is 15.1. The molecule has 0 saturated heterocycles. The van der Waals surface area contributed by atoms with Crippen molar-refractivity contribution in [3.05, 3.63) is 54.1 Å². The Kier molecular flexibility index (Phi) is 7.89. The van der Waals surface area contributed by atoms with Crippen molar-refractivity contribution >= 4 is 28.9 Å². The number of rotatable bonds is 8. The van der Waals surface area contributed by atoms with Gasteiger partial charge in [0.1, 0.15) is 11.5 Å². The largest absolute Gasteiger partial charge is 0.494 e. The molecule has 0 unspecified atom stereocenters. The van der Waals surface area contributed by atoms with E-state index in [1.807, 2.05) is 62.4 Å². The van der Waals surface area contributed by atoms with Gasteiger partial charge in [-0.3, -0.25) is 4.79 Å². The van der Waals surface area contributed by atoms with Crippen LogP contribution < -0.4 is 20.1 Å². The lowest BCUT2D eigenvalue weighted by molar-refractivity contribution is -0.119. The number of anilines is 1. The van der Waals surface area contributed by atoms with Crippen LogP contribution in [0.3, 0.4) is 0 Å². The Bertz CT molecular complexity index is 715. The minimum absolute atomic E-state index is 0.138. The lowest BCUT2D eigenvalue weighted by Crippen LogP contribution is -2.34. The van der Waals surface area contributed by atoms with E-state index in [2.05, 4.69) is 10.6 Å². The second kappa shape index (κ2) is 10.4. The summed E-state index contributed by atoms with van der Waals surface area (Å²) < 4.78 is 11.0. The second-order valence-corrected chi connectivity index (χ2v) is 6.13. The number of carbonyl (C=O) groups is 1. The Morgan fingerprint density at radius 2 is 1.62 bits per heavy atom. The number of thiocarbonyl (C=S) groups is 1. The molecule has 2 N–H and O–H groups in total. The highest BCUT2D eigenvalue weighted by atomic mass is 32.1. The van der Waals surface area contributed by atoms with Gasteiger partial charge < -0.3 is 20.1 Å². The number of carbonyl (C=O) groups excluding carboxylic acids is 1. The molecule has 1 amide bonds. The fourth-order valence-electron chi connectivity index (χ4n) is 2.21. The molecule has 0 fully saturated rings. The van der Waals surface area contributed by atoms with Crippen molar-refractivity contribution in [3.8, 4) is 11.5 Å². The minimum atomic E-state index is -0.138. The molecule has 26 heavy (non-hydrogen) atoms. The summed E-state index contributed by atoms with van der Waals surface area (Å²) in [5, 5.41) is 5.92. The van der Waals surface area contributed by atoms with E-state index in [-0.39, 0.29) is 11.0 Å². The summed E-state index contributed by atoms with van der Waals surface area (Å²) in [6.07, 6.45) is 0.961. The van der Waals surface area contributed by atoms with E-state index in [1.165, 1.54) is 5.56 Å². The van der Waals surface area contributed by atoms with E-state index in [4.69, 9.17) is 21.7 Å². The molecule has 2 rings (SSSR count). The fourth-order valence-corrected chi connectivity index (χ4v) is 2.44. The lowest BCUT2D eigenvalue weighted by atomic mass is 10.2. The molecule has 0 saturated carbocycles. The molecule has 0 aliphatic rings. The number of ether oxygens (including phenoxy) is 2. The Hall–Kier alpha value is -2.60. The van der Waals surface area contributed by atoms with Gasteiger partial charge >= 0.3 is 0 Å². The van der Waals surface area contributed by atoms with E-state index in [9.17, 15) is 4.79 Å². The van der Waals surface area contributed by atoms with Gasteiger partial charge in [0.15, 0.2) is 5.11 Å². The molecular weight excluding hydrogens is 348 g/mol. The van der Waals surface area contributed by atoms with E-state index in [1.54, 1.807) is 0 Å². The van der Waals surface area contributed by atoms with Crippen molar-refractivity contribution in [2.75, 3.05) is 18.5 Å². The third kappa shape index (κ3) is 7.11. The summed E-state index contributed by atoms with van der Waals surface area (Å²) in [7, 11) is 0. The Labute approximate surface area is 159 Å². The van der Waals surface area contributed by atoms with Crippen molar-refractivity contribution in [2.45, 2.75) is 26.7 Å². The number of benzene rings is 2. The van der Waals surface area contributed by atoms with Crippen molar-refractivity contribution in [1.29, 1.82) is 0 Å². The van der Waals surface area contributed by atoms with Gasteiger partial charge in [-0.1, -0.05) is 17.7 Å². The number of amides is 1. The molecule has 0 bridgehead atoms. The summed E-state index contributed by atoms with van der Waals surface area (Å²) in [4.78, 5) is 11.9. The van der Waals surface area contributed by atoms with Crippen molar-refractivity contribution in [3.63, 3.8) is 0 Å². The molecule has 0 aliphatic heterocycles. The van der Waals surface area contributed by atoms with Crippen LogP contribution in [-0.2, 0) is 4.79 Å². The smallest absolute Gasteiger partial charge is 0.226 e. The molecule has 0 aromatic heterocycles. The van der Waals surface area contributed by atoms with Crippen molar-refractivity contribution in [2.24, 2.45) is 0 Å². The lowest BCUT2D eigenvalue weighted by Gasteiger charge is -2.11. The zero-order valence-corrected chi connectivity index (χ0v) is 15.9. The summed E-state index contributed by atoms with van der Waals surface area (Å²) in [5.74, 6) is 1.46. The number of hydrogen-bond donors (Lipinski definition) is 2. The highest BCUT2D eigenvalue weighted by molar-refractivity contribution is 7.80. The molecular formula is C20H24N2O3S. The molecule has 0 spiro atoms. The minimum Gasteiger partial charge on any atom is -0.494 e. The molecule has 0 aliphatic carbocycles. The summed E-state index contributed by atoms with van der Waals surface area (Å²) in [6, 6.07) is 15.2. The van der Waals surface area contributed by atoms with Gasteiger partial charge in [-0.2, -0.15) is 0 Å². The summed E-state index contributed by atoms with van der Waals surface area (Å²) in [5.41, 5.74) is 1.98. The van der Waals surface area contributed by atoms with Crippen molar-refractivity contribution < 1.29 is 14.3 Å². The summed E-state index contributed by atoms with van der Waals surface area (Å²) in [6.45, 7) is 5.06. The predicted molar refractivity (Wildman–Crippen MR) is 108 cm³/mol. The Balaban J connectivity index is 1.65. The van der Waals surface area contributed by atoms with Gasteiger partial charge in [-0.05, 0) is 68.9 Å². The van der Waals surface area contributed by atoms with Crippen LogP contribution in [0.25, 0.3) is 0 Å². The first-order chi connectivity index (χ1) is 12.6. The van der Waals surface area contributed by atoms with Gasteiger partial charge in [0.25, 0.3) is 0 Å². The van der Waals surface area contributed by atoms with Gasteiger partial charge in [0.2, 0.25) is 5.91 Å². The third-order valence-corrected chi connectivity index (χ3v) is 3.72. The van der Waals surface area contributed by atoms with Crippen LogP contribution in [0.15, 0.2) is 48.5 Å². The fraction of sp³-hybridized carbons (Fsp3) is 0.300. The molecule has 5 nitrogen and oxygen atoms in total. The molecule has 0 radical (unpaired) electrons. The molecule has 2 aromatic carbocycles. The van der Waals surface area contributed by atoms with Crippen LogP contribution in [-0.4, -0.2) is 24.2 Å². The first-order valence-electron chi connectivity index (χ1n) is 8.60. The number of nitrogens with one attached hydrogen (secondary N) is 2. The van der Waals surface area contributed by atoms with Crippen LogP contribution in [0.5, 0.6) is 11.5 Å². The second-order valence-electron chi connectivity index (χ2n) is 5.72. The van der Waals surface area contributed by atoms with E-state index in [0.29, 0.717) is 26.1 Å². The number of hydrogen-bond acceptors (Lipinski definition) is 4. The van der Waals surface area contributed by atoms with Gasteiger partial charge in [0.05, 0.1) is 13.2 Å². The third-order valence-electron chi connectivity index (χ3n) is 3.51. The SMILES string of the molecule is CCOc1ccc(NC(=S)NC(=O)CCCOc2ccc(C)cc2)cc1. The first kappa shape index (κ1) is 19.7. The van der Waals surface area contributed by atoms with E-state index >= 15 is 0 Å². The van der Waals surface area contributed by atoms with Crippen LogP contribution >= 0.6 is 12.2 Å². The normalized spacial score (nSPS) is 10.1. The van der Waals surface area contributed by atoms with Crippen LogP contribution in [0.1, 0.15) is 25.3 Å². The average Bonchev–Trinajstić information content (AvgIpc) is 2.62. The summed E-state index contributed by atoms with van der Waals surface area (Å²) >= 11 is 5.16. The topological polar surface area (TPSA) is 59.6 Å². The zero-order chi connectivity index (χ0) is 18.8. The monoisotopic (exact) mass is 372 g/mol. The van der Waals surface area contributed by atoms with Crippen molar-refractivity contribution in [1.82, 2.24) is 5.32 Å². The standard InChI is InChI=1S/C20H24N2O3S/c1-3-24-17-12-8-16(9-13-17)21-20(26)22-19(23)5-4-14-25-18-10-6-15(2)7-11-18/h6-13H,3-5,14H2,1-2H3,(H2,21,22,23,26). The molecule has 6 heteroatoms. The van der Waals surface area contributed by atoms with E-state index in [0.717, 1.165) is 17.2 Å². The molecule has 0 heterocycles. The maximum Gasteiger partial charge on any atom is 0.226 e. The quantitative estimate of drug-likeness (QED) is 0.540. The number of aryl methyl sites for hydroxylation is 1. The Morgan fingerprint density at radius 3 is 2.27 bits per heavy atom. The first-order valence-corrected chi connectivity index (χ1v) is 9.01. The molecule has 138 valence electrons. The average molecular weight is 372 g/mol. The van der Waals surface area contributed by atoms with Gasteiger partial charge in [-0.15, -0.1) is 0 Å². The van der Waals surface area contributed by atoms with Crippen LogP contribution in [0, 0.1) is 6.92 Å². The van der Waals surface area contributed by atoms with Gasteiger partial charge in [-0.25, -0.2) is 0 Å². The van der Waals surface area contributed by atoms with Gasteiger partial charge in [0, 0.05) is 12.1 Å².